The maximum absolute atomic E-state index is 11.8. The van der Waals surface area contributed by atoms with Crippen molar-refractivity contribution in [2.75, 3.05) is 5.75 Å². The van der Waals surface area contributed by atoms with Crippen molar-refractivity contribution < 1.29 is 9.21 Å². The fraction of sp³-hybridized carbons (Fsp3) is 0.158. The first-order chi connectivity index (χ1) is 13.7. The molecule has 2 aromatic heterocycles. The van der Waals surface area contributed by atoms with Gasteiger partial charge in [-0.3, -0.25) is 4.79 Å². The Morgan fingerprint density at radius 1 is 1.21 bits per heavy atom. The van der Waals surface area contributed by atoms with Gasteiger partial charge in [-0.25, -0.2) is 5.43 Å². The predicted octanol–water partition coefficient (Wildman–Crippen LogP) is 4.64. The van der Waals surface area contributed by atoms with E-state index in [4.69, 9.17) is 4.42 Å². The highest BCUT2D eigenvalue weighted by atomic mass is 32.2. The van der Waals surface area contributed by atoms with Crippen LogP contribution >= 0.6 is 34.9 Å². The largest absolute Gasteiger partial charge is 0.465 e. The van der Waals surface area contributed by atoms with Gasteiger partial charge in [-0.05, 0) is 36.8 Å². The number of rotatable bonds is 9. The van der Waals surface area contributed by atoms with Gasteiger partial charge >= 0.3 is 0 Å². The van der Waals surface area contributed by atoms with E-state index < -0.39 is 0 Å². The zero-order valence-electron chi connectivity index (χ0n) is 15.1. The highest BCUT2D eigenvalue weighted by Crippen LogP contribution is 2.30. The molecule has 3 aromatic rings. The zero-order chi connectivity index (χ0) is 19.6. The second-order valence-electron chi connectivity index (χ2n) is 5.58. The van der Waals surface area contributed by atoms with E-state index >= 15 is 0 Å². The minimum Gasteiger partial charge on any atom is -0.465 e. The number of aromatic nitrogens is 2. The quantitative estimate of drug-likeness (QED) is 0.303. The van der Waals surface area contributed by atoms with Crippen LogP contribution in [-0.4, -0.2) is 28.1 Å². The smallest absolute Gasteiger partial charge is 0.250 e. The molecule has 2 heterocycles. The number of hydrazone groups is 1. The summed E-state index contributed by atoms with van der Waals surface area (Å²) >= 11 is 4.48. The maximum Gasteiger partial charge on any atom is 0.250 e. The first-order valence-electron chi connectivity index (χ1n) is 8.36. The molecule has 0 aliphatic rings. The van der Waals surface area contributed by atoms with Crippen molar-refractivity contribution in [3.8, 4) is 0 Å². The molecule has 0 saturated carbocycles. The summed E-state index contributed by atoms with van der Waals surface area (Å²) in [6.07, 6.45) is 6.53. The minimum atomic E-state index is -0.197. The van der Waals surface area contributed by atoms with Crippen molar-refractivity contribution in [1.82, 2.24) is 15.6 Å². The lowest BCUT2D eigenvalue weighted by Crippen LogP contribution is -2.19. The molecule has 1 amide bonds. The number of hydrogen-bond donors (Lipinski definition) is 1. The van der Waals surface area contributed by atoms with Gasteiger partial charge in [-0.1, -0.05) is 64.7 Å². The molecule has 0 saturated heterocycles. The molecular weight excluding hydrogens is 412 g/mol. The van der Waals surface area contributed by atoms with Crippen molar-refractivity contribution in [2.45, 2.75) is 21.4 Å². The Bertz CT molecular complexity index is 935. The lowest BCUT2D eigenvalue weighted by Gasteiger charge is -1.99. The molecule has 0 unspecified atom stereocenters. The molecule has 144 valence electrons. The van der Waals surface area contributed by atoms with Gasteiger partial charge in [0.25, 0.3) is 5.91 Å². The minimum absolute atomic E-state index is 0.197. The lowest BCUT2D eigenvalue weighted by molar-refractivity contribution is -0.118. The summed E-state index contributed by atoms with van der Waals surface area (Å²) in [5.74, 6) is 1.61. The maximum atomic E-state index is 11.8. The second kappa shape index (κ2) is 10.8. The van der Waals surface area contributed by atoms with Gasteiger partial charge in [-0.15, -0.1) is 10.2 Å². The average Bonchev–Trinajstić information content (AvgIpc) is 3.38. The van der Waals surface area contributed by atoms with Crippen LogP contribution in [0.1, 0.15) is 16.9 Å². The highest BCUT2D eigenvalue weighted by molar-refractivity contribution is 8.03. The third-order valence-corrected chi connectivity index (χ3v) is 6.61. The standard InChI is InChI=1S/C19H18N4O2S3/c1-14-6-8-15(9-7-14)12-26-18-22-23-19(28-18)27-13-17(24)21-20-10-2-4-16-5-3-11-25-16/h2-11H,12-13H2,1H3,(H,21,24)/b4-2+,20-10-. The third kappa shape index (κ3) is 6.99. The Kier molecular flexibility index (Phi) is 7.89. The summed E-state index contributed by atoms with van der Waals surface area (Å²) in [7, 11) is 0. The predicted molar refractivity (Wildman–Crippen MR) is 116 cm³/mol. The van der Waals surface area contributed by atoms with Gasteiger partial charge in [0.1, 0.15) is 5.76 Å². The van der Waals surface area contributed by atoms with E-state index in [1.54, 1.807) is 36.2 Å². The van der Waals surface area contributed by atoms with E-state index in [0.717, 1.165) is 20.2 Å². The van der Waals surface area contributed by atoms with Crippen molar-refractivity contribution in [3.63, 3.8) is 0 Å². The molecule has 3 rings (SSSR count). The number of aryl methyl sites for hydroxylation is 1. The summed E-state index contributed by atoms with van der Waals surface area (Å²) in [6.45, 7) is 2.07. The number of thioether (sulfide) groups is 2. The van der Waals surface area contributed by atoms with Crippen LogP contribution in [-0.2, 0) is 10.5 Å². The van der Waals surface area contributed by atoms with Gasteiger partial charge in [0, 0.05) is 12.0 Å². The SMILES string of the molecule is Cc1ccc(CSc2nnc(SCC(=O)N/N=C\C=C\c3ccco3)s2)cc1. The molecule has 0 radical (unpaired) electrons. The normalized spacial score (nSPS) is 11.5. The van der Waals surface area contributed by atoms with Crippen LogP contribution in [0.15, 0.2) is 66.9 Å². The van der Waals surface area contributed by atoms with Crippen LogP contribution < -0.4 is 5.43 Å². The second-order valence-corrected chi connectivity index (χ2v) is 9.01. The molecule has 0 fully saturated rings. The van der Waals surface area contributed by atoms with Crippen molar-refractivity contribution in [1.29, 1.82) is 0 Å². The number of nitrogens with one attached hydrogen (secondary N) is 1. The Morgan fingerprint density at radius 2 is 2.00 bits per heavy atom. The molecule has 0 bridgehead atoms. The van der Waals surface area contributed by atoms with Crippen molar-refractivity contribution in [3.05, 3.63) is 65.6 Å². The van der Waals surface area contributed by atoms with Gasteiger partial charge in [0.15, 0.2) is 8.68 Å². The molecule has 28 heavy (non-hydrogen) atoms. The fourth-order valence-electron chi connectivity index (χ4n) is 1.98. The molecule has 0 aliphatic heterocycles. The number of benzene rings is 1. The number of amides is 1. The fourth-order valence-corrected chi connectivity index (χ4v) is 4.75. The van der Waals surface area contributed by atoms with E-state index in [2.05, 4.69) is 51.9 Å². The zero-order valence-corrected chi connectivity index (χ0v) is 17.5. The Labute approximate surface area is 175 Å². The third-order valence-electron chi connectivity index (χ3n) is 3.35. The van der Waals surface area contributed by atoms with Crippen LogP contribution in [0.2, 0.25) is 0 Å². The molecule has 6 nitrogen and oxygen atoms in total. The van der Waals surface area contributed by atoms with E-state index in [1.165, 1.54) is 40.4 Å². The van der Waals surface area contributed by atoms with E-state index in [1.807, 2.05) is 6.07 Å². The van der Waals surface area contributed by atoms with Crippen molar-refractivity contribution >= 4 is 53.1 Å². The number of nitrogens with zero attached hydrogens (tertiary/aromatic N) is 3. The number of allylic oxidation sites excluding steroid dienone is 1. The van der Waals surface area contributed by atoms with Crippen LogP contribution in [0.3, 0.4) is 0 Å². The van der Waals surface area contributed by atoms with Crippen LogP contribution in [0.25, 0.3) is 6.08 Å². The van der Waals surface area contributed by atoms with Gasteiger partial charge < -0.3 is 4.42 Å². The number of carbonyl (C=O) groups is 1. The highest BCUT2D eigenvalue weighted by Gasteiger charge is 2.08. The molecule has 1 aromatic carbocycles. The van der Waals surface area contributed by atoms with Crippen LogP contribution in [0.5, 0.6) is 0 Å². The van der Waals surface area contributed by atoms with Crippen molar-refractivity contribution in [2.24, 2.45) is 5.10 Å². The molecule has 0 aliphatic carbocycles. The molecule has 0 atom stereocenters. The van der Waals surface area contributed by atoms with Gasteiger partial charge in [-0.2, -0.15) is 5.10 Å². The average molecular weight is 431 g/mol. The molecular formula is C19H18N4O2S3. The summed E-state index contributed by atoms with van der Waals surface area (Å²) in [6, 6.07) is 12.1. The van der Waals surface area contributed by atoms with E-state index in [-0.39, 0.29) is 11.7 Å². The Morgan fingerprint density at radius 3 is 2.75 bits per heavy atom. The first kappa shape index (κ1) is 20.4. The van der Waals surface area contributed by atoms with Gasteiger partial charge in [0.2, 0.25) is 0 Å². The Hall–Kier alpha value is -2.36. The van der Waals surface area contributed by atoms with Crippen LogP contribution in [0, 0.1) is 6.92 Å². The Balaban J connectivity index is 1.36. The van der Waals surface area contributed by atoms with E-state index in [0.29, 0.717) is 0 Å². The first-order valence-corrected chi connectivity index (χ1v) is 11.1. The number of furan rings is 1. The molecule has 9 heteroatoms. The number of carbonyl (C=O) groups excluding carboxylic acids is 1. The van der Waals surface area contributed by atoms with Gasteiger partial charge in [0.05, 0.1) is 12.0 Å². The molecule has 1 N–H and O–H groups in total. The summed E-state index contributed by atoms with van der Waals surface area (Å²) in [4.78, 5) is 11.8. The summed E-state index contributed by atoms with van der Waals surface area (Å²) < 4.78 is 6.81. The summed E-state index contributed by atoms with van der Waals surface area (Å²) in [5, 5.41) is 12.1. The summed E-state index contributed by atoms with van der Waals surface area (Å²) in [5.41, 5.74) is 4.97. The monoisotopic (exact) mass is 430 g/mol. The topological polar surface area (TPSA) is 80.4 Å². The van der Waals surface area contributed by atoms with E-state index in [9.17, 15) is 4.79 Å². The lowest BCUT2D eigenvalue weighted by atomic mass is 10.2. The van der Waals surface area contributed by atoms with Crippen LogP contribution in [0.4, 0.5) is 0 Å². The molecule has 0 spiro atoms. The number of hydrogen-bond acceptors (Lipinski definition) is 8.